The van der Waals surface area contributed by atoms with Crippen LogP contribution in [0.25, 0.3) is 0 Å². The quantitative estimate of drug-likeness (QED) is 0.865. The summed E-state index contributed by atoms with van der Waals surface area (Å²) in [4.78, 5) is 6.92. The molecule has 0 bridgehead atoms. The molecule has 0 radical (unpaired) electrons. The van der Waals surface area contributed by atoms with Gasteiger partial charge < -0.3 is 10.2 Å². The summed E-state index contributed by atoms with van der Waals surface area (Å²) in [5.74, 6) is 0.722. The summed E-state index contributed by atoms with van der Waals surface area (Å²) in [7, 11) is 4.31. The molecule has 112 valence electrons. The van der Waals surface area contributed by atoms with Gasteiger partial charge in [-0.2, -0.15) is 0 Å². The first kappa shape index (κ1) is 15.5. The van der Waals surface area contributed by atoms with E-state index in [0.717, 1.165) is 12.5 Å². The molecule has 3 heteroatoms. The molecule has 1 N–H and O–H groups in total. The Morgan fingerprint density at radius 2 is 2.20 bits per heavy atom. The van der Waals surface area contributed by atoms with Gasteiger partial charge >= 0.3 is 0 Å². The number of fused-ring (bicyclic) bond motifs is 1. The van der Waals surface area contributed by atoms with Crippen LogP contribution in [0, 0.1) is 5.92 Å². The average Bonchev–Trinajstić information content (AvgIpc) is 2.37. The molecule has 0 aliphatic heterocycles. The summed E-state index contributed by atoms with van der Waals surface area (Å²) in [5, 5.41) is 3.87. The summed E-state index contributed by atoms with van der Waals surface area (Å²) < 4.78 is 0. The van der Waals surface area contributed by atoms with Gasteiger partial charge in [0.2, 0.25) is 0 Å². The van der Waals surface area contributed by atoms with Crippen molar-refractivity contribution >= 4 is 0 Å². The van der Waals surface area contributed by atoms with Gasteiger partial charge in [0.15, 0.2) is 0 Å². The van der Waals surface area contributed by atoms with Crippen LogP contribution in [-0.2, 0) is 6.42 Å². The van der Waals surface area contributed by atoms with E-state index in [2.05, 4.69) is 55.3 Å². The van der Waals surface area contributed by atoms with E-state index in [0.29, 0.717) is 12.1 Å². The average molecular weight is 275 g/mol. The summed E-state index contributed by atoms with van der Waals surface area (Å²) in [5.41, 5.74) is 2.72. The van der Waals surface area contributed by atoms with Gasteiger partial charge in [-0.1, -0.05) is 19.9 Å². The summed E-state index contributed by atoms with van der Waals surface area (Å²) in [6.45, 7) is 5.70. The van der Waals surface area contributed by atoms with Crippen LogP contribution in [0.1, 0.15) is 50.4 Å². The molecule has 1 aromatic rings. The highest BCUT2D eigenvalue weighted by atomic mass is 15.1. The molecule has 2 unspecified atom stereocenters. The molecule has 1 aromatic heterocycles. The van der Waals surface area contributed by atoms with Crippen LogP contribution < -0.4 is 5.32 Å². The number of likely N-dealkylation sites (N-methyl/N-ethyl adjacent to an activating group) is 1. The Kier molecular flexibility index (Phi) is 5.55. The van der Waals surface area contributed by atoms with E-state index in [-0.39, 0.29) is 0 Å². The lowest BCUT2D eigenvalue weighted by Gasteiger charge is -2.32. The zero-order chi connectivity index (χ0) is 14.5. The highest BCUT2D eigenvalue weighted by molar-refractivity contribution is 5.25. The molecule has 3 nitrogen and oxygen atoms in total. The van der Waals surface area contributed by atoms with E-state index in [1.165, 1.54) is 36.9 Å². The number of nitrogens with zero attached hydrogens (tertiary/aromatic N) is 2. The molecule has 0 fully saturated rings. The van der Waals surface area contributed by atoms with Crippen LogP contribution in [0.2, 0.25) is 0 Å². The van der Waals surface area contributed by atoms with Crippen molar-refractivity contribution in [2.75, 3.05) is 20.6 Å². The molecule has 2 atom stereocenters. The second kappa shape index (κ2) is 7.19. The minimum atomic E-state index is 0.434. The van der Waals surface area contributed by atoms with Crippen LogP contribution in [0.4, 0.5) is 0 Å². The molecular weight excluding hydrogens is 246 g/mol. The number of hydrogen-bond acceptors (Lipinski definition) is 3. The molecule has 0 spiro atoms. The molecule has 1 heterocycles. The fraction of sp³-hybridized carbons (Fsp3) is 0.706. The highest BCUT2D eigenvalue weighted by Gasteiger charge is 2.24. The van der Waals surface area contributed by atoms with Gasteiger partial charge in [-0.15, -0.1) is 0 Å². The Morgan fingerprint density at radius 3 is 2.90 bits per heavy atom. The standard InChI is InChI=1S/C17H29N3/c1-13(2)11-15(12-20(3)4)19-16-9-5-7-14-8-6-10-18-17(14)16/h6,8,10,13,15-16,19H,5,7,9,11-12H2,1-4H3. The summed E-state index contributed by atoms with van der Waals surface area (Å²) in [6, 6.07) is 5.28. The zero-order valence-corrected chi connectivity index (χ0v) is 13.4. The Morgan fingerprint density at radius 1 is 1.40 bits per heavy atom. The van der Waals surface area contributed by atoms with E-state index in [4.69, 9.17) is 0 Å². The van der Waals surface area contributed by atoms with E-state index < -0.39 is 0 Å². The number of pyridine rings is 1. The van der Waals surface area contributed by atoms with Gasteiger partial charge in [0.05, 0.1) is 11.7 Å². The maximum absolute atomic E-state index is 4.64. The third-order valence-corrected chi connectivity index (χ3v) is 3.97. The number of rotatable bonds is 6. The molecule has 0 amide bonds. The lowest BCUT2D eigenvalue weighted by atomic mass is 9.90. The largest absolute Gasteiger partial charge is 0.308 e. The van der Waals surface area contributed by atoms with Crippen LogP contribution in [0.15, 0.2) is 18.3 Å². The Balaban J connectivity index is 2.07. The zero-order valence-electron chi connectivity index (χ0n) is 13.4. The van der Waals surface area contributed by atoms with Crippen molar-refractivity contribution in [1.82, 2.24) is 15.2 Å². The monoisotopic (exact) mass is 275 g/mol. The first-order chi connectivity index (χ1) is 9.56. The van der Waals surface area contributed by atoms with Crippen LogP contribution in [-0.4, -0.2) is 36.6 Å². The van der Waals surface area contributed by atoms with Crippen LogP contribution in [0.3, 0.4) is 0 Å². The smallest absolute Gasteiger partial charge is 0.0605 e. The molecule has 0 saturated heterocycles. The lowest BCUT2D eigenvalue weighted by molar-refractivity contribution is 0.275. The van der Waals surface area contributed by atoms with Crippen molar-refractivity contribution in [3.8, 4) is 0 Å². The first-order valence-electron chi connectivity index (χ1n) is 7.91. The Bertz CT molecular complexity index is 404. The molecule has 1 aliphatic carbocycles. The van der Waals surface area contributed by atoms with Crippen molar-refractivity contribution in [2.45, 2.75) is 51.6 Å². The van der Waals surface area contributed by atoms with E-state index in [9.17, 15) is 0 Å². The summed E-state index contributed by atoms with van der Waals surface area (Å²) in [6.07, 6.45) is 6.82. The third kappa shape index (κ3) is 4.29. The van der Waals surface area contributed by atoms with Crippen molar-refractivity contribution < 1.29 is 0 Å². The number of aromatic nitrogens is 1. The molecule has 0 saturated carbocycles. The molecule has 0 aromatic carbocycles. The van der Waals surface area contributed by atoms with Crippen LogP contribution >= 0.6 is 0 Å². The predicted molar refractivity (Wildman–Crippen MR) is 84.8 cm³/mol. The molecule has 2 rings (SSSR count). The maximum Gasteiger partial charge on any atom is 0.0605 e. The van der Waals surface area contributed by atoms with E-state index >= 15 is 0 Å². The number of aryl methyl sites for hydroxylation is 1. The second-order valence-corrected chi connectivity index (χ2v) is 6.75. The molecule has 1 aliphatic rings. The van der Waals surface area contributed by atoms with E-state index in [1.807, 2.05) is 6.20 Å². The minimum Gasteiger partial charge on any atom is -0.308 e. The van der Waals surface area contributed by atoms with Crippen molar-refractivity contribution in [1.29, 1.82) is 0 Å². The van der Waals surface area contributed by atoms with Gasteiger partial charge in [-0.3, -0.25) is 4.98 Å². The normalized spacial score (nSPS) is 20.2. The number of nitrogens with one attached hydrogen (secondary N) is 1. The van der Waals surface area contributed by atoms with Crippen molar-refractivity contribution in [3.63, 3.8) is 0 Å². The van der Waals surface area contributed by atoms with Crippen molar-refractivity contribution in [3.05, 3.63) is 29.6 Å². The highest BCUT2D eigenvalue weighted by Crippen LogP contribution is 2.28. The predicted octanol–water partition coefficient (Wildman–Crippen LogP) is 3.02. The summed E-state index contributed by atoms with van der Waals surface area (Å²) >= 11 is 0. The van der Waals surface area contributed by atoms with Gasteiger partial charge in [-0.25, -0.2) is 0 Å². The minimum absolute atomic E-state index is 0.434. The van der Waals surface area contributed by atoms with Gasteiger partial charge in [0, 0.05) is 18.8 Å². The Hall–Kier alpha value is -0.930. The van der Waals surface area contributed by atoms with Gasteiger partial charge in [0.25, 0.3) is 0 Å². The van der Waals surface area contributed by atoms with Crippen LogP contribution in [0.5, 0.6) is 0 Å². The fourth-order valence-corrected chi connectivity index (χ4v) is 3.26. The fourth-order valence-electron chi connectivity index (χ4n) is 3.26. The molecule has 20 heavy (non-hydrogen) atoms. The third-order valence-electron chi connectivity index (χ3n) is 3.97. The first-order valence-corrected chi connectivity index (χ1v) is 7.91. The SMILES string of the molecule is CC(C)CC(CN(C)C)NC1CCCc2cccnc21. The topological polar surface area (TPSA) is 28.2 Å². The maximum atomic E-state index is 4.64. The van der Waals surface area contributed by atoms with E-state index in [1.54, 1.807) is 0 Å². The number of hydrogen-bond donors (Lipinski definition) is 1. The van der Waals surface area contributed by atoms with Gasteiger partial charge in [0.1, 0.15) is 0 Å². The Labute approximate surface area is 123 Å². The second-order valence-electron chi connectivity index (χ2n) is 6.75. The van der Waals surface area contributed by atoms with Gasteiger partial charge in [-0.05, 0) is 57.3 Å². The molecular formula is C17H29N3. The lowest BCUT2D eigenvalue weighted by Crippen LogP contribution is -2.42. The van der Waals surface area contributed by atoms with Crippen molar-refractivity contribution in [2.24, 2.45) is 5.92 Å².